The summed E-state index contributed by atoms with van der Waals surface area (Å²) < 4.78 is 25.7. The molecule has 4 aliphatic rings. The van der Waals surface area contributed by atoms with Gasteiger partial charge in [-0.15, -0.1) is 0 Å². The molecule has 6 heteroatoms. The van der Waals surface area contributed by atoms with Gasteiger partial charge in [0.25, 0.3) is 0 Å². The van der Waals surface area contributed by atoms with Gasteiger partial charge in [-0.3, -0.25) is 4.79 Å². The number of carbonyl (C=O) groups is 1. The number of ether oxygens (including phenoxy) is 2. The summed E-state index contributed by atoms with van der Waals surface area (Å²) >= 11 is 0. The molecule has 0 bridgehead atoms. The van der Waals surface area contributed by atoms with E-state index in [1.165, 1.54) is 6.07 Å². The second-order valence-corrected chi connectivity index (χ2v) is 8.92. The van der Waals surface area contributed by atoms with Crippen molar-refractivity contribution in [3.8, 4) is 0 Å². The minimum Gasteiger partial charge on any atom is -0.348 e. The summed E-state index contributed by atoms with van der Waals surface area (Å²) in [6, 6.07) is 5.48. The lowest BCUT2D eigenvalue weighted by Crippen LogP contribution is -2.51. The van der Waals surface area contributed by atoms with Crippen molar-refractivity contribution in [2.45, 2.75) is 62.7 Å². The number of benzene rings is 1. The van der Waals surface area contributed by atoms with Gasteiger partial charge in [0.05, 0.1) is 13.2 Å². The molecule has 0 radical (unpaired) electrons. The van der Waals surface area contributed by atoms with E-state index in [0.29, 0.717) is 12.6 Å². The van der Waals surface area contributed by atoms with E-state index in [0.717, 1.165) is 76.1 Å². The van der Waals surface area contributed by atoms with E-state index in [-0.39, 0.29) is 22.9 Å². The predicted molar refractivity (Wildman–Crippen MR) is 104 cm³/mol. The topological polar surface area (TPSA) is 42.0 Å². The molecular formula is C22H29FN2O3. The Kier molecular flexibility index (Phi) is 4.49. The predicted octanol–water partition coefficient (Wildman–Crippen LogP) is 3.21. The molecule has 3 heterocycles. The first-order valence-electron chi connectivity index (χ1n) is 10.6. The van der Waals surface area contributed by atoms with Crippen molar-refractivity contribution in [3.63, 3.8) is 0 Å². The van der Waals surface area contributed by atoms with Gasteiger partial charge in [-0.2, -0.15) is 0 Å². The monoisotopic (exact) mass is 388 g/mol. The average molecular weight is 388 g/mol. The quantitative estimate of drug-likeness (QED) is 0.741. The molecule has 3 fully saturated rings. The number of hydrogen-bond donors (Lipinski definition) is 0. The number of fused-ring (bicyclic) bond motifs is 2. The lowest BCUT2D eigenvalue weighted by atomic mass is 9.73. The van der Waals surface area contributed by atoms with E-state index < -0.39 is 0 Å². The third-order valence-electron chi connectivity index (χ3n) is 7.46. The first-order valence-corrected chi connectivity index (χ1v) is 10.6. The number of nitrogens with zero attached hydrogens (tertiary/aromatic N) is 2. The fourth-order valence-electron chi connectivity index (χ4n) is 5.86. The summed E-state index contributed by atoms with van der Waals surface area (Å²) in [6.45, 7) is 5.73. The Morgan fingerprint density at radius 1 is 1.11 bits per heavy atom. The fraction of sp³-hybridized carbons (Fsp3) is 0.682. The zero-order chi connectivity index (χ0) is 19.4. The molecule has 0 N–H and O–H groups in total. The zero-order valence-corrected chi connectivity index (χ0v) is 16.6. The Morgan fingerprint density at radius 2 is 1.79 bits per heavy atom. The molecule has 5 nitrogen and oxygen atoms in total. The van der Waals surface area contributed by atoms with Gasteiger partial charge >= 0.3 is 0 Å². The van der Waals surface area contributed by atoms with Crippen molar-refractivity contribution in [1.29, 1.82) is 0 Å². The van der Waals surface area contributed by atoms with E-state index in [2.05, 4.69) is 4.90 Å². The average Bonchev–Trinajstić information content (AvgIpc) is 3.27. The van der Waals surface area contributed by atoms with Crippen LogP contribution in [0.5, 0.6) is 0 Å². The Balaban J connectivity index is 1.28. The van der Waals surface area contributed by atoms with Crippen LogP contribution >= 0.6 is 0 Å². The highest BCUT2D eigenvalue weighted by molar-refractivity contribution is 5.94. The van der Waals surface area contributed by atoms with Crippen molar-refractivity contribution >= 4 is 11.6 Å². The molecule has 0 unspecified atom stereocenters. The molecule has 2 saturated heterocycles. The molecule has 152 valence electrons. The number of piperidine rings is 1. The zero-order valence-electron chi connectivity index (χ0n) is 16.6. The third-order valence-corrected chi connectivity index (χ3v) is 7.46. The van der Waals surface area contributed by atoms with Crippen LogP contribution in [-0.4, -0.2) is 55.5 Å². The van der Waals surface area contributed by atoms with Gasteiger partial charge < -0.3 is 19.3 Å². The second kappa shape index (κ2) is 6.78. The van der Waals surface area contributed by atoms with Gasteiger partial charge in [0.2, 0.25) is 5.91 Å². The highest BCUT2D eigenvalue weighted by atomic mass is 19.1. The van der Waals surface area contributed by atoms with Crippen molar-refractivity contribution in [2.24, 2.45) is 0 Å². The minimum absolute atomic E-state index is 0.0429. The number of rotatable bonds is 1. The molecule has 1 aromatic carbocycles. The van der Waals surface area contributed by atoms with Gasteiger partial charge in [-0.25, -0.2) is 4.39 Å². The van der Waals surface area contributed by atoms with E-state index in [9.17, 15) is 9.18 Å². The third kappa shape index (κ3) is 2.97. The van der Waals surface area contributed by atoms with Gasteiger partial charge in [0.1, 0.15) is 5.82 Å². The maximum Gasteiger partial charge on any atom is 0.223 e. The lowest BCUT2D eigenvalue weighted by Gasteiger charge is -2.46. The highest BCUT2D eigenvalue weighted by Gasteiger charge is 2.48. The Hall–Kier alpha value is -1.50. The molecule has 5 rings (SSSR count). The standard InChI is InChI=1S/C22H29FN2O3/c1-16(26)25-15-21(19-14-17(23)2-3-20(19)25)8-10-24(11-9-21)18-4-6-22(7-5-18)27-12-13-28-22/h2-3,14,18H,4-13,15H2,1H3. The molecular weight excluding hydrogens is 359 g/mol. The maximum atomic E-state index is 14.0. The van der Waals surface area contributed by atoms with E-state index in [1.807, 2.05) is 4.90 Å². The SMILES string of the molecule is CC(=O)N1CC2(CCN(C3CCC4(CC3)OCCO4)CC2)c2cc(F)ccc21. The Morgan fingerprint density at radius 3 is 2.43 bits per heavy atom. The van der Waals surface area contributed by atoms with Crippen molar-refractivity contribution in [3.05, 3.63) is 29.6 Å². The number of amides is 1. The number of carbonyl (C=O) groups excluding carboxylic acids is 1. The summed E-state index contributed by atoms with van der Waals surface area (Å²) in [5.41, 5.74) is 1.82. The molecule has 3 aliphatic heterocycles. The molecule has 28 heavy (non-hydrogen) atoms. The van der Waals surface area contributed by atoms with Crippen LogP contribution in [0.3, 0.4) is 0 Å². The van der Waals surface area contributed by atoms with Gasteiger partial charge in [0, 0.05) is 43.5 Å². The highest BCUT2D eigenvalue weighted by Crippen LogP contribution is 2.48. The Labute approximate surface area is 165 Å². The summed E-state index contributed by atoms with van der Waals surface area (Å²) in [5.74, 6) is -0.473. The van der Waals surface area contributed by atoms with Crippen LogP contribution in [0.2, 0.25) is 0 Å². The first kappa shape index (κ1) is 18.5. The molecule has 1 amide bonds. The summed E-state index contributed by atoms with van der Waals surface area (Å²) in [5, 5.41) is 0. The number of anilines is 1. The lowest BCUT2D eigenvalue weighted by molar-refractivity contribution is -0.184. The van der Waals surface area contributed by atoms with Crippen molar-refractivity contribution in [2.75, 3.05) is 37.7 Å². The van der Waals surface area contributed by atoms with Crippen LogP contribution in [0.4, 0.5) is 10.1 Å². The number of hydrogen-bond acceptors (Lipinski definition) is 4. The van der Waals surface area contributed by atoms with E-state index >= 15 is 0 Å². The van der Waals surface area contributed by atoms with E-state index in [1.54, 1.807) is 19.1 Å². The van der Waals surface area contributed by atoms with Crippen LogP contribution < -0.4 is 4.90 Å². The number of likely N-dealkylation sites (tertiary alicyclic amines) is 1. The fourth-order valence-corrected chi connectivity index (χ4v) is 5.86. The van der Waals surface area contributed by atoms with E-state index in [4.69, 9.17) is 9.47 Å². The minimum atomic E-state index is -0.308. The molecule has 1 aromatic rings. The molecule has 0 aromatic heterocycles. The summed E-state index contributed by atoms with van der Waals surface area (Å²) in [7, 11) is 0. The summed E-state index contributed by atoms with van der Waals surface area (Å²) in [6.07, 6.45) is 6.12. The van der Waals surface area contributed by atoms with Crippen LogP contribution in [0.1, 0.15) is 51.0 Å². The normalized spacial score (nSPS) is 26.9. The molecule has 1 saturated carbocycles. The smallest absolute Gasteiger partial charge is 0.223 e. The van der Waals surface area contributed by atoms with Crippen molar-refractivity contribution < 1.29 is 18.7 Å². The van der Waals surface area contributed by atoms with Gasteiger partial charge in [-0.05, 0) is 62.5 Å². The van der Waals surface area contributed by atoms with Crippen LogP contribution in [0.15, 0.2) is 18.2 Å². The maximum absolute atomic E-state index is 14.0. The Bertz CT molecular complexity index is 759. The van der Waals surface area contributed by atoms with Crippen LogP contribution in [0, 0.1) is 5.82 Å². The van der Waals surface area contributed by atoms with Crippen LogP contribution in [-0.2, 0) is 19.7 Å². The van der Waals surface area contributed by atoms with Crippen molar-refractivity contribution in [1.82, 2.24) is 4.90 Å². The largest absolute Gasteiger partial charge is 0.348 e. The second-order valence-electron chi connectivity index (χ2n) is 8.92. The first-order chi connectivity index (χ1) is 13.5. The molecule has 0 atom stereocenters. The van der Waals surface area contributed by atoms with Gasteiger partial charge in [-0.1, -0.05) is 0 Å². The molecule has 2 spiro atoms. The van der Waals surface area contributed by atoms with Crippen LogP contribution in [0.25, 0.3) is 0 Å². The van der Waals surface area contributed by atoms with Gasteiger partial charge in [0.15, 0.2) is 5.79 Å². The summed E-state index contributed by atoms with van der Waals surface area (Å²) in [4.78, 5) is 16.6. The molecule has 1 aliphatic carbocycles. The number of halogens is 1.